The minimum absolute atomic E-state index is 0.142. The van der Waals surface area contributed by atoms with E-state index in [9.17, 15) is 8.42 Å². The van der Waals surface area contributed by atoms with Gasteiger partial charge in [-0.1, -0.05) is 12.1 Å². The topological polar surface area (TPSA) is 58.9 Å². The lowest BCUT2D eigenvalue weighted by Crippen LogP contribution is -2.19. The molecule has 1 aliphatic heterocycles. The fourth-order valence-corrected chi connectivity index (χ4v) is 1.30. The number of nitrogens with zero attached hydrogens (tertiary/aromatic N) is 2. The van der Waals surface area contributed by atoms with Crippen molar-refractivity contribution in [3.63, 3.8) is 0 Å². The molecule has 0 aliphatic carbocycles. The Labute approximate surface area is 69.4 Å². The molecule has 1 heterocycles. The summed E-state index contributed by atoms with van der Waals surface area (Å²) >= 11 is 0. The van der Waals surface area contributed by atoms with Crippen LogP contribution in [0.4, 0.5) is 0 Å². The normalized spacial score (nSPS) is 13.2. The average molecular weight is 180 g/mol. The van der Waals surface area contributed by atoms with Gasteiger partial charge in [0.05, 0.1) is 10.7 Å². The van der Waals surface area contributed by atoms with Crippen LogP contribution in [0.2, 0.25) is 0 Å². The number of para-hydroxylation sites is 2. The van der Waals surface area contributed by atoms with Crippen molar-refractivity contribution in [2.24, 2.45) is 9.98 Å². The van der Waals surface area contributed by atoms with Gasteiger partial charge in [0.2, 0.25) is 0 Å². The molecule has 0 aromatic heterocycles. The molecule has 1 aromatic rings. The molecule has 0 saturated heterocycles. The Bertz CT molecular complexity index is 527. The first-order chi connectivity index (χ1) is 5.77. The fraction of sp³-hybridized carbons (Fsp3) is 0. The van der Waals surface area contributed by atoms with Crippen LogP contribution < -0.4 is 10.7 Å². The Balaban J connectivity index is 2.95. The van der Waals surface area contributed by atoms with Crippen LogP contribution in [-0.2, 0) is 10.3 Å². The van der Waals surface area contributed by atoms with Crippen LogP contribution in [-0.4, -0.2) is 13.5 Å². The first kappa shape index (κ1) is 7.17. The Morgan fingerprint density at radius 2 is 1.50 bits per heavy atom. The zero-order valence-electron chi connectivity index (χ0n) is 5.93. The summed E-state index contributed by atoms with van der Waals surface area (Å²) in [5, 5.41) is 1.07. The molecule has 2 rings (SSSR count). The van der Waals surface area contributed by atoms with Gasteiger partial charge in [-0.05, 0) is 12.1 Å². The molecular weight excluding hydrogens is 176 g/mol. The Hall–Kier alpha value is -1.49. The van der Waals surface area contributed by atoms with Gasteiger partial charge in [-0.3, -0.25) is 0 Å². The minimum atomic E-state index is -2.33. The number of hydrogen-bond donors (Lipinski definition) is 0. The predicted octanol–water partition coefficient (Wildman–Crippen LogP) is -1.09. The van der Waals surface area contributed by atoms with Gasteiger partial charge in [0.1, 0.15) is 0 Å². The molecule has 4 nitrogen and oxygen atoms in total. The highest BCUT2D eigenvalue weighted by atomic mass is 32.2. The number of rotatable bonds is 0. The average Bonchev–Trinajstić information content (AvgIpc) is 2.46. The van der Waals surface area contributed by atoms with E-state index in [1.165, 1.54) is 0 Å². The number of fused-ring (bicyclic) bond motifs is 1. The summed E-state index contributed by atoms with van der Waals surface area (Å²) in [7, 11) is -2.33. The summed E-state index contributed by atoms with van der Waals surface area (Å²) in [6.07, 6.45) is 0. The first-order valence-corrected chi connectivity index (χ1v) is 4.33. The van der Waals surface area contributed by atoms with Gasteiger partial charge in [0.25, 0.3) is 15.4 Å². The quantitative estimate of drug-likeness (QED) is 0.476. The predicted molar refractivity (Wildman–Crippen MR) is 42.7 cm³/mol. The third kappa shape index (κ3) is 1.04. The largest absolute Gasteiger partial charge is 0.277 e. The highest BCUT2D eigenvalue weighted by Gasteiger charge is 2.02. The van der Waals surface area contributed by atoms with Crippen LogP contribution in [0, 0.1) is 0 Å². The highest BCUT2D eigenvalue weighted by molar-refractivity contribution is 7.72. The summed E-state index contributed by atoms with van der Waals surface area (Å²) in [6, 6.07) is 7.01. The second kappa shape index (κ2) is 2.53. The zero-order chi connectivity index (χ0) is 8.55. The summed E-state index contributed by atoms with van der Waals surface area (Å²) < 4.78 is 20.9. The van der Waals surface area contributed by atoms with E-state index in [1.54, 1.807) is 24.3 Å². The third-order valence-electron chi connectivity index (χ3n) is 1.46. The Kier molecular flexibility index (Phi) is 1.51. The fourth-order valence-electron chi connectivity index (χ4n) is 0.959. The maximum Gasteiger partial charge on any atom is 0.277 e. The van der Waals surface area contributed by atoms with E-state index in [4.69, 9.17) is 0 Å². The molecule has 0 N–H and O–H groups in total. The lowest BCUT2D eigenvalue weighted by atomic mass is 10.3. The van der Waals surface area contributed by atoms with Gasteiger partial charge in [-0.2, -0.15) is 8.42 Å². The van der Waals surface area contributed by atoms with Crippen LogP contribution in [0.25, 0.3) is 0 Å². The van der Waals surface area contributed by atoms with Crippen molar-refractivity contribution in [3.8, 4) is 0 Å². The molecular formula is C7H4N2O2S. The second-order valence-corrected chi connectivity index (χ2v) is 3.06. The maximum absolute atomic E-state index is 10.4. The van der Waals surface area contributed by atoms with Crippen molar-refractivity contribution in [2.45, 2.75) is 0 Å². The van der Waals surface area contributed by atoms with Crippen molar-refractivity contribution in [1.82, 2.24) is 0 Å². The molecule has 0 atom stereocenters. The highest BCUT2D eigenvalue weighted by Crippen LogP contribution is 1.82. The molecule has 0 radical (unpaired) electrons. The van der Waals surface area contributed by atoms with Gasteiger partial charge in [0, 0.05) is 0 Å². The van der Waals surface area contributed by atoms with E-state index in [-0.39, 0.29) is 5.11 Å². The molecule has 12 heavy (non-hydrogen) atoms. The summed E-state index contributed by atoms with van der Waals surface area (Å²) in [4.78, 5) is 7.58. The molecule has 60 valence electrons. The molecule has 1 aliphatic rings. The molecule has 0 spiro atoms. The monoisotopic (exact) mass is 180 g/mol. The lowest BCUT2D eigenvalue weighted by molar-refractivity contribution is 0.626. The van der Waals surface area contributed by atoms with Crippen LogP contribution in [0.5, 0.6) is 0 Å². The maximum atomic E-state index is 10.4. The Morgan fingerprint density at radius 1 is 1.00 bits per heavy atom. The van der Waals surface area contributed by atoms with Crippen molar-refractivity contribution >= 4 is 15.4 Å². The lowest BCUT2D eigenvalue weighted by Gasteiger charge is -1.75. The van der Waals surface area contributed by atoms with Crippen LogP contribution in [0.1, 0.15) is 0 Å². The van der Waals surface area contributed by atoms with Gasteiger partial charge in [-0.25, -0.2) is 9.98 Å². The summed E-state index contributed by atoms with van der Waals surface area (Å²) in [5.41, 5.74) is 0. The van der Waals surface area contributed by atoms with Crippen LogP contribution in [0.3, 0.4) is 0 Å². The van der Waals surface area contributed by atoms with Crippen molar-refractivity contribution in [2.75, 3.05) is 0 Å². The van der Waals surface area contributed by atoms with E-state index in [0.29, 0.717) is 10.7 Å². The summed E-state index contributed by atoms with van der Waals surface area (Å²) in [5.74, 6) is 0. The molecule has 0 saturated carbocycles. The molecule has 0 bridgehead atoms. The van der Waals surface area contributed by atoms with E-state index < -0.39 is 10.3 Å². The van der Waals surface area contributed by atoms with E-state index >= 15 is 0 Å². The van der Waals surface area contributed by atoms with E-state index in [1.807, 2.05) is 0 Å². The molecule has 1 aromatic carbocycles. The van der Waals surface area contributed by atoms with Crippen molar-refractivity contribution in [3.05, 3.63) is 35.0 Å². The minimum Gasteiger partial charge on any atom is -0.213 e. The van der Waals surface area contributed by atoms with Gasteiger partial charge in [-0.15, -0.1) is 0 Å². The van der Waals surface area contributed by atoms with Gasteiger partial charge in [0.15, 0.2) is 0 Å². The standard InChI is InChI=1S/C7H4N2O2S/c10-12(11)7-8-5-3-1-2-4-6(5)9-7/h1-4H. The number of hydrogen-bond acceptors (Lipinski definition) is 2. The molecule has 0 unspecified atom stereocenters. The van der Waals surface area contributed by atoms with Gasteiger partial charge < -0.3 is 0 Å². The number of benzene rings is 1. The second-order valence-electron chi connectivity index (χ2n) is 2.23. The SMILES string of the molecule is O=S(=O)=C1N=c2ccccc2=N1. The van der Waals surface area contributed by atoms with Crippen molar-refractivity contribution in [1.29, 1.82) is 0 Å². The van der Waals surface area contributed by atoms with E-state index in [0.717, 1.165) is 0 Å². The molecule has 5 heteroatoms. The van der Waals surface area contributed by atoms with Crippen LogP contribution >= 0.6 is 0 Å². The third-order valence-corrected chi connectivity index (χ3v) is 1.94. The first-order valence-electron chi connectivity index (χ1n) is 3.26. The Morgan fingerprint density at radius 3 is 1.92 bits per heavy atom. The smallest absolute Gasteiger partial charge is 0.213 e. The van der Waals surface area contributed by atoms with E-state index in [2.05, 4.69) is 9.98 Å². The van der Waals surface area contributed by atoms with Crippen LogP contribution in [0.15, 0.2) is 34.3 Å². The van der Waals surface area contributed by atoms with Crippen molar-refractivity contribution < 1.29 is 8.42 Å². The summed E-state index contributed by atoms with van der Waals surface area (Å²) in [6.45, 7) is 0. The molecule has 0 amide bonds. The van der Waals surface area contributed by atoms with Gasteiger partial charge >= 0.3 is 0 Å². The molecule has 0 fully saturated rings. The zero-order valence-corrected chi connectivity index (χ0v) is 6.75.